The highest BCUT2D eigenvalue weighted by molar-refractivity contribution is 6.07. The standard InChI is InChI=1S/C19H20N4O/c1-13(2)23-18-15(12-21-23)10-16(11-20-18)19(24)22-9-5-7-14-6-3-4-8-17(14)22/h3-4,6,8,10-13H,5,7,9H2,1-2H3. The molecule has 1 aliphatic rings. The number of aromatic nitrogens is 3. The number of para-hydroxylation sites is 1. The monoisotopic (exact) mass is 320 g/mol. The summed E-state index contributed by atoms with van der Waals surface area (Å²) in [4.78, 5) is 19.4. The quantitative estimate of drug-likeness (QED) is 0.725. The van der Waals surface area contributed by atoms with E-state index in [9.17, 15) is 4.79 Å². The molecule has 1 aromatic carbocycles. The van der Waals surface area contributed by atoms with Crippen LogP contribution in [0.4, 0.5) is 5.69 Å². The van der Waals surface area contributed by atoms with Crippen LogP contribution in [0.5, 0.6) is 0 Å². The number of fused-ring (bicyclic) bond motifs is 2. The third-order valence-corrected chi connectivity index (χ3v) is 4.52. The fourth-order valence-corrected chi connectivity index (χ4v) is 3.34. The normalized spacial score (nSPS) is 14.2. The zero-order valence-corrected chi connectivity index (χ0v) is 13.9. The zero-order chi connectivity index (χ0) is 16.7. The zero-order valence-electron chi connectivity index (χ0n) is 13.9. The molecule has 0 saturated heterocycles. The van der Waals surface area contributed by atoms with Crippen LogP contribution in [-0.2, 0) is 6.42 Å². The van der Waals surface area contributed by atoms with Crippen molar-refractivity contribution in [2.45, 2.75) is 32.7 Å². The van der Waals surface area contributed by atoms with Crippen LogP contribution in [0.3, 0.4) is 0 Å². The van der Waals surface area contributed by atoms with Crippen molar-refractivity contribution >= 4 is 22.6 Å². The van der Waals surface area contributed by atoms with Crippen molar-refractivity contribution in [3.05, 3.63) is 53.9 Å². The average molecular weight is 320 g/mol. The van der Waals surface area contributed by atoms with E-state index in [-0.39, 0.29) is 11.9 Å². The Morgan fingerprint density at radius 2 is 2.04 bits per heavy atom. The summed E-state index contributed by atoms with van der Waals surface area (Å²) in [6.45, 7) is 4.88. The molecule has 3 aromatic rings. The van der Waals surface area contributed by atoms with Crippen LogP contribution >= 0.6 is 0 Å². The van der Waals surface area contributed by atoms with Gasteiger partial charge in [-0.15, -0.1) is 0 Å². The average Bonchev–Trinajstić information content (AvgIpc) is 3.04. The van der Waals surface area contributed by atoms with Crippen molar-refractivity contribution in [3.63, 3.8) is 0 Å². The van der Waals surface area contributed by atoms with E-state index in [1.807, 2.05) is 33.8 Å². The van der Waals surface area contributed by atoms with E-state index >= 15 is 0 Å². The molecule has 0 aliphatic carbocycles. The molecule has 0 saturated carbocycles. The van der Waals surface area contributed by atoms with E-state index in [0.29, 0.717) is 5.56 Å². The SMILES string of the molecule is CC(C)n1ncc2cc(C(=O)N3CCCc4ccccc43)cnc21. The highest BCUT2D eigenvalue weighted by atomic mass is 16.2. The van der Waals surface area contributed by atoms with Crippen LogP contribution < -0.4 is 4.90 Å². The molecule has 1 amide bonds. The van der Waals surface area contributed by atoms with Gasteiger partial charge in [-0.25, -0.2) is 9.67 Å². The summed E-state index contributed by atoms with van der Waals surface area (Å²) >= 11 is 0. The number of carbonyl (C=O) groups is 1. The number of anilines is 1. The van der Waals surface area contributed by atoms with Crippen LogP contribution in [-0.4, -0.2) is 27.2 Å². The van der Waals surface area contributed by atoms with Gasteiger partial charge < -0.3 is 4.90 Å². The van der Waals surface area contributed by atoms with Gasteiger partial charge in [0, 0.05) is 29.9 Å². The Hall–Kier alpha value is -2.69. The molecule has 1 aliphatic heterocycles. The van der Waals surface area contributed by atoms with E-state index < -0.39 is 0 Å². The smallest absolute Gasteiger partial charge is 0.259 e. The summed E-state index contributed by atoms with van der Waals surface area (Å²) in [5.41, 5.74) is 3.69. The number of hydrogen-bond acceptors (Lipinski definition) is 3. The highest BCUT2D eigenvalue weighted by Gasteiger charge is 2.24. The number of hydrogen-bond donors (Lipinski definition) is 0. The van der Waals surface area contributed by atoms with Gasteiger partial charge in [-0.1, -0.05) is 18.2 Å². The van der Waals surface area contributed by atoms with Crippen LogP contribution in [0.1, 0.15) is 42.2 Å². The van der Waals surface area contributed by atoms with Crippen LogP contribution in [0.25, 0.3) is 11.0 Å². The molecular formula is C19H20N4O. The van der Waals surface area contributed by atoms with Crippen molar-refractivity contribution < 1.29 is 4.79 Å². The van der Waals surface area contributed by atoms with Crippen molar-refractivity contribution in [3.8, 4) is 0 Å². The van der Waals surface area contributed by atoms with Gasteiger partial charge in [0.1, 0.15) is 0 Å². The van der Waals surface area contributed by atoms with Gasteiger partial charge in [0.2, 0.25) is 0 Å². The third kappa shape index (κ3) is 2.37. The number of nitrogens with zero attached hydrogens (tertiary/aromatic N) is 4. The number of pyridine rings is 1. The molecule has 0 atom stereocenters. The van der Waals surface area contributed by atoms with Crippen LogP contribution in [0.15, 0.2) is 42.7 Å². The largest absolute Gasteiger partial charge is 0.308 e. The molecule has 0 fully saturated rings. The van der Waals surface area contributed by atoms with Gasteiger partial charge >= 0.3 is 0 Å². The molecule has 24 heavy (non-hydrogen) atoms. The van der Waals surface area contributed by atoms with Crippen LogP contribution in [0, 0.1) is 0 Å². The molecule has 5 heteroatoms. The molecule has 2 aromatic heterocycles. The van der Waals surface area contributed by atoms with Gasteiger partial charge in [-0.3, -0.25) is 4.79 Å². The highest BCUT2D eigenvalue weighted by Crippen LogP contribution is 2.28. The topological polar surface area (TPSA) is 51.0 Å². The van der Waals surface area contributed by atoms with Gasteiger partial charge in [-0.2, -0.15) is 5.10 Å². The number of rotatable bonds is 2. The van der Waals surface area contributed by atoms with E-state index in [1.54, 1.807) is 12.4 Å². The maximum absolute atomic E-state index is 13.0. The summed E-state index contributed by atoms with van der Waals surface area (Å²) in [6, 6.07) is 10.3. The van der Waals surface area contributed by atoms with Crippen LogP contribution in [0.2, 0.25) is 0 Å². The Labute approximate surface area is 140 Å². The molecule has 4 rings (SSSR count). The Morgan fingerprint density at radius 1 is 1.21 bits per heavy atom. The Bertz CT molecular complexity index is 913. The first kappa shape index (κ1) is 14.9. The third-order valence-electron chi connectivity index (χ3n) is 4.52. The summed E-state index contributed by atoms with van der Waals surface area (Å²) in [6.07, 6.45) is 5.47. The van der Waals surface area contributed by atoms with E-state index in [1.165, 1.54) is 5.56 Å². The Morgan fingerprint density at radius 3 is 2.88 bits per heavy atom. The molecule has 3 heterocycles. The minimum absolute atomic E-state index is 0.00819. The number of carbonyl (C=O) groups excluding carboxylic acids is 1. The predicted octanol–water partition coefficient (Wildman–Crippen LogP) is 3.61. The molecular weight excluding hydrogens is 300 g/mol. The van der Waals surface area contributed by atoms with Crippen molar-refractivity contribution in [1.29, 1.82) is 0 Å². The number of benzene rings is 1. The number of aryl methyl sites for hydroxylation is 1. The maximum atomic E-state index is 13.0. The Kier molecular flexibility index (Phi) is 3.56. The predicted molar refractivity (Wildman–Crippen MR) is 94.4 cm³/mol. The van der Waals surface area contributed by atoms with Crippen molar-refractivity contribution in [1.82, 2.24) is 14.8 Å². The summed E-state index contributed by atoms with van der Waals surface area (Å²) in [7, 11) is 0. The molecule has 0 bridgehead atoms. The lowest BCUT2D eigenvalue weighted by Crippen LogP contribution is -2.35. The van der Waals surface area contributed by atoms with Gasteiger partial charge in [-0.05, 0) is 44.4 Å². The van der Waals surface area contributed by atoms with E-state index in [4.69, 9.17) is 0 Å². The molecule has 0 radical (unpaired) electrons. The molecule has 0 spiro atoms. The van der Waals surface area contributed by atoms with Gasteiger partial charge in [0.15, 0.2) is 5.65 Å². The first-order valence-corrected chi connectivity index (χ1v) is 8.38. The van der Waals surface area contributed by atoms with Crippen molar-refractivity contribution in [2.24, 2.45) is 0 Å². The molecule has 122 valence electrons. The maximum Gasteiger partial charge on any atom is 0.259 e. The van der Waals surface area contributed by atoms with Gasteiger partial charge in [0.05, 0.1) is 11.8 Å². The summed E-state index contributed by atoms with van der Waals surface area (Å²) in [5.74, 6) is 0.00819. The minimum atomic E-state index is 0.00819. The summed E-state index contributed by atoms with van der Waals surface area (Å²) < 4.78 is 1.87. The second-order valence-electron chi connectivity index (χ2n) is 6.51. The first-order chi connectivity index (χ1) is 11.6. The molecule has 5 nitrogen and oxygen atoms in total. The van der Waals surface area contributed by atoms with E-state index in [0.717, 1.165) is 36.1 Å². The summed E-state index contributed by atoms with van der Waals surface area (Å²) in [5, 5.41) is 5.28. The van der Waals surface area contributed by atoms with Crippen molar-refractivity contribution in [2.75, 3.05) is 11.4 Å². The number of amides is 1. The molecule has 0 N–H and O–H groups in total. The fraction of sp³-hybridized carbons (Fsp3) is 0.316. The first-order valence-electron chi connectivity index (χ1n) is 8.38. The fourth-order valence-electron chi connectivity index (χ4n) is 3.34. The second kappa shape index (κ2) is 5.74. The minimum Gasteiger partial charge on any atom is -0.308 e. The molecule has 0 unspecified atom stereocenters. The van der Waals surface area contributed by atoms with E-state index in [2.05, 4.69) is 30.0 Å². The second-order valence-corrected chi connectivity index (χ2v) is 6.51. The lowest BCUT2D eigenvalue weighted by Gasteiger charge is -2.29. The lowest BCUT2D eigenvalue weighted by atomic mass is 10.0. The lowest BCUT2D eigenvalue weighted by molar-refractivity contribution is 0.0985. The Balaban J connectivity index is 1.72. The van der Waals surface area contributed by atoms with Gasteiger partial charge in [0.25, 0.3) is 5.91 Å².